The third-order valence-corrected chi connectivity index (χ3v) is 3.80. The Morgan fingerprint density at radius 1 is 0.960 bits per heavy atom. The Bertz CT molecular complexity index is 729. The molecule has 0 unspecified atom stereocenters. The SMILES string of the molecule is CCOc1ccc(OCC)c(NC(=O)CNc2ccc(C)c(C)c2)c1. The maximum atomic E-state index is 12.3. The highest BCUT2D eigenvalue weighted by Crippen LogP contribution is 2.29. The zero-order valence-corrected chi connectivity index (χ0v) is 15.3. The normalized spacial score (nSPS) is 10.2. The molecule has 2 aromatic rings. The highest BCUT2D eigenvalue weighted by atomic mass is 16.5. The van der Waals surface area contributed by atoms with E-state index in [-0.39, 0.29) is 12.5 Å². The number of hydrogen-bond donors (Lipinski definition) is 2. The van der Waals surface area contributed by atoms with E-state index >= 15 is 0 Å². The van der Waals surface area contributed by atoms with E-state index in [4.69, 9.17) is 9.47 Å². The van der Waals surface area contributed by atoms with Crippen molar-refractivity contribution in [3.05, 3.63) is 47.5 Å². The van der Waals surface area contributed by atoms with Gasteiger partial charge in [0, 0.05) is 11.8 Å². The number of nitrogens with one attached hydrogen (secondary N) is 2. The molecule has 0 radical (unpaired) electrons. The van der Waals surface area contributed by atoms with E-state index in [1.807, 2.05) is 45.0 Å². The van der Waals surface area contributed by atoms with E-state index < -0.39 is 0 Å². The molecule has 0 saturated heterocycles. The van der Waals surface area contributed by atoms with Crippen LogP contribution >= 0.6 is 0 Å². The van der Waals surface area contributed by atoms with Gasteiger partial charge in [-0.2, -0.15) is 0 Å². The number of hydrogen-bond acceptors (Lipinski definition) is 4. The topological polar surface area (TPSA) is 59.6 Å². The summed E-state index contributed by atoms with van der Waals surface area (Å²) in [7, 11) is 0. The van der Waals surface area contributed by atoms with E-state index in [0.717, 1.165) is 5.69 Å². The van der Waals surface area contributed by atoms with Crippen LogP contribution in [0.3, 0.4) is 0 Å². The lowest BCUT2D eigenvalue weighted by Gasteiger charge is -2.14. The number of ether oxygens (including phenoxy) is 2. The maximum Gasteiger partial charge on any atom is 0.243 e. The molecule has 25 heavy (non-hydrogen) atoms. The summed E-state index contributed by atoms with van der Waals surface area (Å²) in [5, 5.41) is 6.02. The van der Waals surface area contributed by atoms with Gasteiger partial charge in [0.2, 0.25) is 5.91 Å². The molecule has 0 atom stereocenters. The van der Waals surface area contributed by atoms with E-state index in [0.29, 0.717) is 30.4 Å². The fraction of sp³-hybridized carbons (Fsp3) is 0.350. The molecule has 134 valence electrons. The smallest absolute Gasteiger partial charge is 0.243 e. The van der Waals surface area contributed by atoms with Gasteiger partial charge in [-0.25, -0.2) is 0 Å². The van der Waals surface area contributed by atoms with Gasteiger partial charge in [-0.05, 0) is 63.1 Å². The summed E-state index contributed by atoms with van der Waals surface area (Å²) in [5.74, 6) is 1.18. The van der Waals surface area contributed by atoms with E-state index in [9.17, 15) is 4.79 Å². The molecule has 5 nitrogen and oxygen atoms in total. The molecule has 0 aliphatic carbocycles. The first kappa shape index (κ1) is 18.6. The summed E-state index contributed by atoms with van der Waals surface area (Å²) in [5.41, 5.74) is 3.95. The van der Waals surface area contributed by atoms with Crippen LogP contribution < -0.4 is 20.1 Å². The first-order valence-corrected chi connectivity index (χ1v) is 8.54. The molecule has 0 aliphatic heterocycles. The molecular weight excluding hydrogens is 316 g/mol. The van der Waals surface area contributed by atoms with Crippen LogP contribution in [0.25, 0.3) is 0 Å². The molecule has 2 N–H and O–H groups in total. The van der Waals surface area contributed by atoms with Crippen molar-refractivity contribution in [2.45, 2.75) is 27.7 Å². The fourth-order valence-corrected chi connectivity index (χ4v) is 2.37. The van der Waals surface area contributed by atoms with Gasteiger partial charge in [-0.1, -0.05) is 6.07 Å². The van der Waals surface area contributed by atoms with E-state index in [2.05, 4.69) is 17.6 Å². The maximum absolute atomic E-state index is 12.3. The lowest BCUT2D eigenvalue weighted by atomic mass is 10.1. The number of anilines is 2. The quantitative estimate of drug-likeness (QED) is 0.756. The third-order valence-electron chi connectivity index (χ3n) is 3.80. The van der Waals surface area contributed by atoms with Crippen LogP contribution in [0.2, 0.25) is 0 Å². The van der Waals surface area contributed by atoms with Crippen LogP contribution in [0.5, 0.6) is 11.5 Å². The number of benzene rings is 2. The lowest BCUT2D eigenvalue weighted by molar-refractivity contribution is -0.114. The Kier molecular flexibility index (Phi) is 6.69. The van der Waals surface area contributed by atoms with Crippen LogP contribution in [0.4, 0.5) is 11.4 Å². The summed E-state index contributed by atoms with van der Waals surface area (Å²) in [6, 6.07) is 11.5. The number of carbonyl (C=O) groups is 1. The monoisotopic (exact) mass is 342 g/mol. The predicted octanol–water partition coefficient (Wildman–Crippen LogP) is 4.15. The van der Waals surface area contributed by atoms with Gasteiger partial charge in [-0.15, -0.1) is 0 Å². The molecule has 1 amide bonds. The Morgan fingerprint density at radius 3 is 2.40 bits per heavy atom. The second kappa shape index (κ2) is 8.97. The average Bonchev–Trinajstić information content (AvgIpc) is 2.59. The predicted molar refractivity (Wildman–Crippen MR) is 102 cm³/mol. The molecule has 2 aromatic carbocycles. The van der Waals surface area contributed by atoms with Crippen molar-refractivity contribution in [3.63, 3.8) is 0 Å². The fourth-order valence-electron chi connectivity index (χ4n) is 2.37. The van der Waals surface area contributed by atoms with Crippen LogP contribution in [0.15, 0.2) is 36.4 Å². The minimum atomic E-state index is -0.146. The second-order valence-electron chi connectivity index (χ2n) is 5.72. The molecule has 0 spiro atoms. The highest BCUT2D eigenvalue weighted by Gasteiger charge is 2.10. The van der Waals surface area contributed by atoms with Crippen molar-refractivity contribution in [2.24, 2.45) is 0 Å². The van der Waals surface area contributed by atoms with Crippen LogP contribution in [0, 0.1) is 13.8 Å². The van der Waals surface area contributed by atoms with Gasteiger partial charge in [0.1, 0.15) is 11.5 Å². The average molecular weight is 342 g/mol. The zero-order chi connectivity index (χ0) is 18.2. The molecule has 0 bridgehead atoms. The largest absolute Gasteiger partial charge is 0.494 e. The first-order valence-electron chi connectivity index (χ1n) is 8.54. The van der Waals surface area contributed by atoms with Crippen molar-refractivity contribution in [2.75, 3.05) is 30.4 Å². The summed E-state index contributed by atoms with van der Waals surface area (Å²) >= 11 is 0. The first-order chi connectivity index (χ1) is 12.0. The van der Waals surface area contributed by atoms with Crippen LogP contribution in [-0.2, 0) is 4.79 Å². The van der Waals surface area contributed by atoms with Gasteiger partial charge in [0.25, 0.3) is 0 Å². The van der Waals surface area contributed by atoms with Gasteiger partial charge < -0.3 is 20.1 Å². The highest BCUT2D eigenvalue weighted by molar-refractivity contribution is 5.95. The van der Waals surface area contributed by atoms with Crippen molar-refractivity contribution in [1.29, 1.82) is 0 Å². The van der Waals surface area contributed by atoms with E-state index in [1.165, 1.54) is 11.1 Å². The number of aryl methyl sites for hydroxylation is 2. The molecular formula is C20H26N2O3. The molecule has 0 fully saturated rings. The Balaban J connectivity index is 2.02. The van der Waals surface area contributed by atoms with Gasteiger partial charge in [-0.3, -0.25) is 4.79 Å². The van der Waals surface area contributed by atoms with Crippen molar-refractivity contribution >= 4 is 17.3 Å². The second-order valence-corrected chi connectivity index (χ2v) is 5.72. The summed E-state index contributed by atoms with van der Waals surface area (Å²) in [4.78, 5) is 12.3. The Hall–Kier alpha value is -2.69. The minimum Gasteiger partial charge on any atom is -0.494 e. The molecule has 2 rings (SSSR count). The number of carbonyl (C=O) groups excluding carboxylic acids is 1. The molecule has 0 aliphatic rings. The molecule has 0 aromatic heterocycles. The Labute approximate surface area is 149 Å². The molecule has 5 heteroatoms. The van der Waals surface area contributed by atoms with Crippen LogP contribution in [0.1, 0.15) is 25.0 Å². The van der Waals surface area contributed by atoms with Gasteiger partial charge in [0.05, 0.1) is 25.4 Å². The van der Waals surface area contributed by atoms with Gasteiger partial charge in [0.15, 0.2) is 0 Å². The summed E-state index contributed by atoms with van der Waals surface area (Å²) in [6.45, 7) is 9.20. The lowest BCUT2D eigenvalue weighted by Crippen LogP contribution is -2.22. The zero-order valence-electron chi connectivity index (χ0n) is 15.3. The standard InChI is InChI=1S/C20H26N2O3/c1-5-24-17-9-10-19(25-6-2)18(12-17)22-20(23)13-21-16-8-7-14(3)15(4)11-16/h7-12,21H,5-6,13H2,1-4H3,(H,22,23). The van der Waals surface area contributed by atoms with Crippen LogP contribution in [-0.4, -0.2) is 25.7 Å². The molecule has 0 heterocycles. The summed E-state index contributed by atoms with van der Waals surface area (Å²) in [6.07, 6.45) is 0. The Morgan fingerprint density at radius 2 is 1.72 bits per heavy atom. The minimum absolute atomic E-state index is 0.146. The van der Waals surface area contributed by atoms with E-state index in [1.54, 1.807) is 12.1 Å². The number of amides is 1. The third kappa shape index (κ3) is 5.41. The number of rotatable bonds is 8. The van der Waals surface area contributed by atoms with Gasteiger partial charge >= 0.3 is 0 Å². The van der Waals surface area contributed by atoms with Crippen molar-refractivity contribution in [3.8, 4) is 11.5 Å². The molecule has 0 saturated carbocycles. The van der Waals surface area contributed by atoms with Crippen molar-refractivity contribution < 1.29 is 14.3 Å². The van der Waals surface area contributed by atoms with Crippen molar-refractivity contribution in [1.82, 2.24) is 0 Å². The summed E-state index contributed by atoms with van der Waals surface area (Å²) < 4.78 is 11.1.